The van der Waals surface area contributed by atoms with Crippen LogP contribution in [-0.2, 0) is 11.2 Å². The van der Waals surface area contributed by atoms with Gasteiger partial charge in [-0.2, -0.15) is 0 Å². The second kappa shape index (κ2) is 7.98. The van der Waals surface area contributed by atoms with Gasteiger partial charge in [-0.3, -0.25) is 4.79 Å². The quantitative estimate of drug-likeness (QED) is 0.728. The van der Waals surface area contributed by atoms with E-state index in [2.05, 4.69) is 5.32 Å². The van der Waals surface area contributed by atoms with Crippen molar-refractivity contribution < 1.29 is 24.1 Å². The Morgan fingerprint density at radius 2 is 1.89 bits per heavy atom. The number of rotatable bonds is 4. The van der Waals surface area contributed by atoms with Crippen molar-refractivity contribution in [1.82, 2.24) is 5.32 Å². The Bertz CT molecular complexity index is 885. The molecule has 7 heteroatoms. The van der Waals surface area contributed by atoms with Crippen LogP contribution in [0.1, 0.15) is 24.5 Å². The van der Waals surface area contributed by atoms with Gasteiger partial charge in [0.25, 0.3) is 0 Å². The molecule has 0 saturated carbocycles. The van der Waals surface area contributed by atoms with Crippen molar-refractivity contribution in [3.63, 3.8) is 0 Å². The van der Waals surface area contributed by atoms with Crippen LogP contribution >= 0.6 is 0 Å². The van der Waals surface area contributed by atoms with E-state index in [0.29, 0.717) is 35.8 Å². The zero-order valence-corrected chi connectivity index (χ0v) is 16.5. The lowest BCUT2D eigenvalue weighted by molar-refractivity contribution is -0.119. The fraction of sp³-hybridized carbons (Fsp3) is 0.381. The number of carbonyl (C=O) groups excluding carboxylic acids is 1. The average molecular weight is 386 g/mol. The number of nitrogens with one attached hydrogen (secondary N) is 1. The van der Waals surface area contributed by atoms with Crippen LogP contribution in [0.4, 0.5) is 0 Å². The fourth-order valence-corrected chi connectivity index (χ4v) is 3.81. The summed E-state index contributed by atoms with van der Waals surface area (Å²) in [6, 6.07) is 1.66. The summed E-state index contributed by atoms with van der Waals surface area (Å²) in [7, 11) is 4.72. The SMILES string of the molecule is COc1cc2c(c(OC)c1OC)C1=CC=C(N)[C@@H](O)C=C1[C@@H](NC(C)=O)CC2. The van der Waals surface area contributed by atoms with E-state index in [4.69, 9.17) is 19.9 Å². The molecular weight excluding hydrogens is 360 g/mol. The molecule has 2 aliphatic rings. The van der Waals surface area contributed by atoms with E-state index in [1.54, 1.807) is 33.5 Å². The van der Waals surface area contributed by atoms with Gasteiger partial charge in [-0.05, 0) is 47.8 Å². The Labute approximate surface area is 164 Å². The zero-order valence-electron chi connectivity index (χ0n) is 16.5. The van der Waals surface area contributed by atoms with Gasteiger partial charge in [-0.1, -0.05) is 6.08 Å². The molecule has 0 spiro atoms. The van der Waals surface area contributed by atoms with Gasteiger partial charge in [0.1, 0.15) is 6.10 Å². The van der Waals surface area contributed by atoms with E-state index in [1.165, 1.54) is 6.92 Å². The minimum atomic E-state index is -0.937. The molecule has 0 bridgehead atoms. The van der Waals surface area contributed by atoms with Crippen LogP contribution in [0.15, 0.2) is 35.6 Å². The Morgan fingerprint density at radius 1 is 1.18 bits per heavy atom. The number of aliphatic hydroxyl groups excluding tert-OH is 1. The number of nitrogens with two attached hydrogens (primary N) is 1. The largest absolute Gasteiger partial charge is 0.493 e. The standard InChI is InChI=1S/C21H26N2O5/c1-11(24)23-16-8-5-12-9-18(26-2)20(27-3)21(28-4)19(12)13-6-7-15(22)17(25)10-14(13)16/h6-7,9-10,16-17,25H,5,8,22H2,1-4H3,(H,23,24)/t16-,17-/m0/s1. The van der Waals surface area contributed by atoms with Gasteiger partial charge >= 0.3 is 0 Å². The van der Waals surface area contributed by atoms with Crippen LogP contribution in [0, 0.1) is 0 Å². The smallest absolute Gasteiger partial charge is 0.217 e. The molecule has 7 nitrogen and oxygen atoms in total. The predicted octanol–water partition coefficient (Wildman–Crippen LogP) is 1.69. The molecular formula is C21H26N2O5. The molecule has 150 valence electrons. The number of aryl methyl sites for hydroxylation is 1. The van der Waals surface area contributed by atoms with Gasteiger partial charge in [-0.25, -0.2) is 0 Å². The van der Waals surface area contributed by atoms with Gasteiger partial charge in [0, 0.05) is 18.2 Å². The molecule has 0 saturated heterocycles. The molecule has 0 radical (unpaired) electrons. The summed E-state index contributed by atoms with van der Waals surface area (Å²) in [5, 5.41) is 13.4. The molecule has 0 heterocycles. The van der Waals surface area contributed by atoms with Crippen molar-refractivity contribution in [3.05, 3.63) is 46.7 Å². The highest BCUT2D eigenvalue weighted by Gasteiger charge is 2.32. The van der Waals surface area contributed by atoms with E-state index in [9.17, 15) is 9.90 Å². The number of hydrogen-bond donors (Lipinski definition) is 3. The average Bonchev–Trinajstić information content (AvgIpc) is 2.90. The molecule has 0 fully saturated rings. The molecule has 2 atom stereocenters. The van der Waals surface area contributed by atoms with Crippen molar-refractivity contribution in [2.45, 2.75) is 31.9 Å². The Hall–Kier alpha value is -2.93. The lowest BCUT2D eigenvalue weighted by Gasteiger charge is -2.23. The minimum absolute atomic E-state index is 0.141. The highest BCUT2D eigenvalue weighted by atomic mass is 16.5. The topological polar surface area (TPSA) is 103 Å². The zero-order chi connectivity index (χ0) is 20.4. The lowest BCUT2D eigenvalue weighted by Crippen LogP contribution is -2.35. The number of aliphatic hydroxyl groups is 1. The second-order valence-electron chi connectivity index (χ2n) is 6.79. The molecule has 4 N–H and O–H groups in total. The van der Waals surface area contributed by atoms with Crippen LogP contribution in [0.25, 0.3) is 5.57 Å². The molecule has 3 rings (SSSR count). The van der Waals surface area contributed by atoms with Crippen LogP contribution in [0.2, 0.25) is 0 Å². The van der Waals surface area contributed by atoms with Gasteiger partial charge in [0.2, 0.25) is 11.7 Å². The van der Waals surface area contributed by atoms with Crippen LogP contribution in [0.3, 0.4) is 0 Å². The maximum Gasteiger partial charge on any atom is 0.217 e. The molecule has 1 aromatic rings. The number of benzene rings is 1. The number of carbonyl (C=O) groups is 1. The van der Waals surface area contributed by atoms with Crippen LogP contribution < -0.4 is 25.3 Å². The lowest BCUT2D eigenvalue weighted by atomic mass is 9.91. The molecule has 2 aliphatic carbocycles. The van der Waals surface area contributed by atoms with Gasteiger partial charge in [0.15, 0.2) is 11.5 Å². The second-order valence-corrected chi connectivity index (χ2v) is 6.79. The van der Waals surface area contributed by atoms with Crippen molar-refractivity contribution in [3.8, 4) is 17.2 Å². The first-order valence-electron chi connectivity index (χ1n) is 9.08. The number of amides is 1. The predicted molar refractivity (Wildman–Crippen MR) is 106 cm³/mol. The van der Waals surface area contributed by atoms with Crippen molar-refractivity contribution >= 4 is 11.5 Å². The molecule has 1 aromatic carbocycles. The molecule has 0 aliphatic heterocycles. The van der Waals surface area contributed by atoms with Gasteiger partial charge in [0.05, 0.1) is 27.4 Å². The summed E-state index contributed by atoms with van der Waals surface area (Å²) >= 11 is 0. The molecule has 0 aromatic heterocycles. The first-order valence-corrected chi connectivity index (χ1v) is 9.08. The summed E-state index contributed by atoms with van der Waals surface area (Å²) in [5.41, 5.74) is 9.76. The highest BCUT2D eigenvalue weighted by Crippen LogP contribution is 2.49. The van der Waals surface area contributed by atoms with Crippen LogP contribution in [-0.4, -0.2) is 44.5 Å². The highest BCUT2D eigenvalue weighted by molar-refractivity contribution is 5.90. The number of fused-ring (bicyclic) bond motifs is 3. The normalized spacial score (nSPS) is 21.0. The van der Waals surface area contributed by atoms with Gasteiger partial charge < -0.3 is 30.4 Å². The van der Waals surface area contributed by atoms with Crippen molar-refractivity contribution in [1.29, 1.82) is 0 Å². The minimum Gasteiger partial charge on any atom is -0.493 e. The fourth-order valence-electron chi connectivity index (χ4n) is 3.81. The monoisotopic (exact) mass is 386 g/mol. The third kappa shape index (κ3) is 3.45. The maximum atomic E-state index is 11.8. The Morgan fingerprint density at radius 3 is 2.50 bits per heavy atom. The third-order valence-corrected chi connectivity index (χ3v) is 5.07. The molecule has 28 heavy (non-hydrogen) atoms. The van der Waals surface area contributed by atoms with Gasteiger partial charge in [-0.15, -0.1) is 0 Å². The number of ether oxygens (including phenoxy) is 3. The first kappa shape index (κ1) is 19.8. The third-order valence-electron chi connectivity index (χ3n) is 5.07. The number of allylic oxidation sites excluding steroid dienone is 2. The van der Waals surface area contributed by atoms with Crippen molar-refractivity contribution in [2.24, 2.45) is 5.73 Å². The van der Waals surface area contributed by atoms with E-state index in [0.717, 1.165) is 22.3 Å². The Kier molecular flexibility index (Phi) is 5.65. The number of methoxy groups -OCH3 is 3. The Balaban J connectivity index is 2.30. The molecule has 0 unspecified atom stereocenters. The summed E-state index contributed by atoms with van der Waals surface area (Å²) in [5.74, 6) is 1.47. The van der Waals surface area contributed by atoms with Crippen LogP contribution in [0.5, 0.6) is 17.2 Å². The van der Waals surface area contributed by atoms with E-state index in [1.807, 2.05) is 12.1 Å². The van der Waals surface area contributed by atoms with Crippen molar-refractivity contribution in [2.75, 3.05) is 21.3 Å². The van der Waals surface area contributed by atoms with E-state index >= 15 is 0 Å². The maximum absolute atomic E-state index is 11.8. The summed E-state index contributed by atoms with van der Waals surface area (Å²) in [6.07, 6.45) is 5.62. The summed E-state index contributed by atoms with van der Waals surface area (Å²) in [4.78, 5) is 11.8. The molecule has 1 amide bonds. The van der Waals surface area contributed by atoms with E-state index < -0.39 is 6.10 Å². The summed E-state index contributed by atoms with van der Waals surface area (Å²) in [6.45, 7) is 1.48. The first-order chi connectivity index (χ1) is 13.4. The van der Waals surface area contributed by atoms with E-state index in [-0.39, 0.29) is 11.9 Å². The number of hydrogen-bond acceptors (Lipinski definition) is 6. The summed E-state index contributed by atoms with van der Waals surface area (Å²) < 4.78 is 16.8.